The van der Waals surface area contributed by atoms with Crippen LogP contribution >= 0.6 is 0 Å². The summed E-state index contributed by atoms with van der Waals surface area (Å²) in [4.78, 5) is 12.2. The van der Waals surface area contributed by atoms with Crippen LogP contribution in [0, 0.1) is 0 Å². The summed E-state index contributed by atoms with van der Waals surface area (Å²) >= 11 is 0. The van der Waals surface area contributed by atoms with E-state index < -0.39 is 0 Å². The molecule has 0 aliphatic heterocycles. The van der Waals surface area contributed by atoms with Crippen LogP contribution in [0.3, 0.4) is 0 Å². The number of benzene rings is 1. The van der Waals surface area contributed by atoms with Gasteiger partial charge in [-0.25, -0.2) is 0 Å². The number of carbonyl (C=O) groups excluding carboxylic acids is 1. The predicted molar refractivity (Wildman–Crippen MR) is 86.5 cm³/mol. The first kappa shape index (κ1) is 14.8. The number of rotatable bonds is 6. The normalized spacial score (nSPS) is 16.5. The van der Waals surface area contributed by atoms with E-state index in [9.17, 15) is 4.79 Å². The fourth-order valence-electron chi connectivity index (χ4n) is 3.20. The van der Waals surface area contributed by atoms with Gasteiger partial charge in [0.05, 0.1) is 6.20 Å². The zero-order valence-electron chi connectivity index (χ0n) is 13.1. The Morgan fingerprint density at radius 1 is 1.41 bits per heavy atom. The Labute approximate surface area is 131 Å². The third-order valence-electron chi connectivity index (χ3n) is 4.32. The molecule has 4 nitrogen and oxygen atoms in total. The Bertz CT molecular complexity index is 647. The van der Waals surface area contributed by atoms with Gasteiger partial charge in [-0.2, -0.15) is 5.10 Å². The zero-order chi connectivity index (χ0) is 15.4. The first-order valence-electron chi connectivity index (χ1n) is 8.12. The van der Waals surface area contributed by atoms with E-state index in [4.69, 9.17) is 0 Å². The molecule has 1 amide bonds. The molecule has 1 N–H and O–H groups in total. The van der Waals surface area contributed by atoms with Gasteiger partial charge in [0.1, 0.15) is 0 Å². The molecule has 1 aliphatic carbocycles. The van der Waals surface area contributed by atoms with Crippen molar-refractivity contribution in [2.45, 2.75) is 51.6 Å². The largest absolute Gasteiger partial charge is 0.352 e. The quantitative estimate of drug-likeness (QED) is 0.891. The third-order valence-corrected chi connectivity index (χ3v) is 4.32. The summed E-state index contributed by atoms with van der Waals surface area (Å²) in [5, 5.41) is 7.30. The zero-order valence-corrected chi connectivity index (χ0v) is 13.1. The van der Waals surface area contributed by atoms with Crippen LogP contribution in [0.15, 0.2) is 36.7 Å². The number of nitrogens with zero attached hydrogens (tertiary/aromatic N) is 2. The van der Waals surface area contributed by atoms with Gasteiger partial charge in [0.25, 0.3) is 0 Å². The number of amides is 1. The van der Waals surface area contributed by atoms with Gasteiger partial charge >= 0.3 is 0 Å². The van der Waals surface area contributed by atoms with Crippen LogP contribution in [0.25, 0.3) is 0 Å². The first-order chi connectivity index (χ1) is 10.8. The fourth-order valence-corrected chi connectivity index (χ4v) is 3.20. The number of carbonyl (C=O) groups is 1. The molecule has 116 valence electrons. The lowest BCUT2D eigenvalue weighted by atomic mass is 9.97. The molecule has 0 fully saturated rings. The van der Waals surface area contributed by atoms with Gasteiger partial charge in [0, 0.05) is 31.3 Å². The average molecular weight is 297 g/mol. The second kappa shape index (κ2) is 6.77. The maximum Gasteiger partial charge on any atom is 0.220 e. The van der Waals surface area contributed by atoms with E-state index in [0.29, 0.717) is 18.9 Å². The van der Waals surface area contributed by atoms with Gasteiger partial charge in [-0.1, -0.05) is 31.2 Å². The Balaban J connectivity index is 1.51. The van der Waals surface area contributed by atoms with E-state index in [-0.39, 0.29) is 5.91 Å². The maximum absolute atomic E-state index is 12.2. The fraction of sp³-hybridized carbons (Fsp3) is 0.444. The molecule has 0 saturated heterocycles. The van der Waals surface area contributed by atoms with E-state index >= 15 is 0 Å². The molecule has 4 heteroatoms. The SMILES string of the molecule is CCCn1cc(CNC(=O)C[C@H]2CCc3ccccc32)cn1. The van der Waals surface area contributed by atoms with Crippen molar-refractivity contribution in [3.8, 4) is 0 Å². The highest BCUT2D eigenvalue weighted by Gasteiger charge is 2.23. The van der Waals surface area contributed by atoms with Crippen LogP contribution in [0.2, 0.25) is 0 Å². The highest BCUT2D eigenvalue weighted by atomic mass is 16.1. The Kier molecular flexibility index (Phi) is 4.56. The van der Waals surface area contributed by atoms with Crippen molar-refractivity contribution >= 4 is 5.91 Å². The van der Waals surface area contributed by atoms with Crippen molar-refractivity contribution in [3.05, 3.63) is 53.3 Å². The van der Waals surface area contributed by atoms with Crippen LogP contribution in [0.5, 0.6) is 0 Å². The Hall–Kier alpha value is -2.10. The number of hydrogen-bond donors (Lipinski definition) is 1. The molecule has 1 aromatic carbocycles. The lowest BCUT2D eigenvalue weighted by molar-refractivity contribution is -0.121. The lowest BCUT2D eigenvalue weighted by Gasteiger charge is -2.11. The second-order valence-corrected chi connectivity index (χ2v) is 6.03. The predicted octanol–water partition coefficient (Wildman–Crippen LogP) is 3.03. The van der Waals surface area contributed by atoms with E-state index in [0.717, 1.165) is 31.4 Å². The van der Waals surface area contributed by atoms with Crippen LogP contribution in [0.4, 0.5) is 0 Å². The second-order valence-electron chi connectivity index (χ2n) is 6.03. The third kappa shape index (κ3) is 3.38. The number of aryl methyl sites for hydroxylation is 2. The standard InChI is InChI=1S/C18H23N3O/c1-2-9-21-13-14(12-20-21)11-19-18(22)10-16-8-7-15-5-3-4-6-17(15)16/h3-6,12-13,16H,2,7-11H2,1H3,(H,19,22)/t16-/m1/s1. The monoisotopic (exact) mass is 297 g/mol. The molecule has 0 unspecified atom stereocenters. The minimum absolute atomic E-state index is 0.130. The van der Waals surface area contributed by atoms with Crippen molar-refractivity contribution in [3.63, 3.8) is 0 Å². The molecule has 2 aromatic rings. The smallest absolute Gasteiger partial charge is 0.220 e. The summed E-state index contributed by atoms with van der Waals surface area (Å²) in [6, 6.07) is 8.48. The van der Waals surface area contributed by atoms with E-state index in [1.807, 2.05) is 17.1 Å². The molecule has 3 rings (SSSR count). The van der Waals surface area contributed by atoms with Gasteiger partial charge in [-0.3, -0.25) is 9.48 Å². The highest BCUT2D eigenvalue weighted by Crippen LogP contribution is 2.35. The van der Waals surface area contributed by atoms with Gasteiger partial charge < -0.3 is 5.32 Å². The van der Waals surface area contributed by atoms with Crippen molar-refractivity contribution in [2.24, 2.45) is 0 Å². The summed E-state index contributed by atoms with van der Waals surface area (Å²) in [5.41, 5.74) is 3.82. The summed E-state index contributed by atoms with van der Waals surface area (Å²) in [5.74, 6) is 0.504. The van der Waals surface area contributed by atoms with Crippen molar-refractivity contribution in [1.29, 1.82) is 0 Å². The summed E-state index contributed by atoms with van der Waals surface area (Å²) < 4.78 is 1.93. The van der Waals surface area contributed by atoms with Crippen molar-refractivity contribution < 1.29 is 4.79 Å². The summed E-state index contributed by atoms with van der Waals surface area (Å²) in [7, 11) is 0. The summed E-state index contributed by atoms with van der Waals surface area (Å²) in [6.07, 6.45) is 7.67. The Morgan fingerprint density at radius 2 is 2.27 bits per heavy atom. The van der Waals surface area contributed by atoms with Gasteiger partial charge in [-0.05, 0) is 36.3 Å². The molecular formula is C18H23N3O. The molecule has 0 saturated carbocycles. The molecule has 1 heterocycles. The highest BCUT2D eigenvalue weighted by molar-refractivity contribution is 5.77. The van der Waals surface area contributed by atoms with Gasteiger partial charge in [0.15, 0.2) is 0 Å². The molecule has 1 atom stereocenters. The number of nitrogens with one attached hydrogen (secondary N) is 1. The molecule has 22 heavy (non-hydrogen) atoms. The van der Waals surface area contributed by atoms with Gasteiger partial charge in [0.2, 0.25) is 5.91 Å². The van der Waals surface area contributed by atoms with Crippen LogP contribution < -0.4 is 5.32 Å². The lowest BCUT2D eigenvalue weighted by Crippen LogP contribution is -2.24. The first-order valence-corrected chi connectivity index (χ1v) is 8.12. The van der Waals surface area contributed by atoms with Crippen LogP contribution in [-0.4, -0.2) is 15.7 Å². The molecule has 0 bridgehead atoms. The minimum atomic E-state index is 0.130. The van der Waals surface area contributed by atoms with E-state index in [1.54, 1.807) is 0 Å². The number of aromatic nitrogens is 2. The van der Waals surface area contributed by atoms with Gasteiger partial charge in [-0.15, -0.1) is 0 Å². The van der Waals surface area contributed by atoms with Crippen molar-refractivity contribution in [2.75, 3.05) is 0 Å². The molecule has 1 aromatic heterocycles. The molecular weight excluding hydrogens is 274 g/mol. The Morgan fingerprint density at radius 3 is 3.14 bits per heavy atom. The molecule has 0 spiro atoms. The van der Waals surface area contributed by atoms with E-state index in [1.165, 1.54) is 11.1 Å². The molecule has 1 aliphatic rings. The number of hydrogen-bond acceptors (Lipinski definition) is 2. The average Bonchev–Trinajstić information content (AvgIpc) is 3.13. The molecule has 0 radical (unpaired) electrons. The number of fused-ring (bicyclic) bond motifs is 1. The summed E-state index contributed by atoms with van der Waals surface area (Å²) in [6.45, 7) is 3.62. The van der Waals surface area contributed by atoms with Crippen LogP contribution in [-0.2, 0) is 24.3 Å². The van der Waals surface area contributed by atoms with E-state index in [2.05, 4.69) is 41.6 Å². The van der Waals surface area contributed by atoms with Crippen molar-refractivity contribution in [1.82, 2.24) is 15.1 Å². The van der Waals surface area contributed by atoms with Crippen LogP contribution in [0.1, 0.15) is 48.8 Å². The minimum Gasteiger partial charge on any atom is -0.352 e. The maximum atomic E-state index is 12.2. The topological polar surface area (TPSA) is 46.9 Å².